The largest absolute Gasteiger partial charge is 0.386 e. The van der Waals surface area contributed by atoms with Crippen LogP contribution in [0.4, 0.5) is 14.9 Å². The van der Waals surface area contributed by atoms with Crippen LogP contribution >= 0.6 is 0 Å². The van der Waals surface area contributed by atoms with Crippen LogP contribution in [0, 0.1) is 35.4 Å². The zero-order valence-corrected chi connectivity index (χ0v) is 24.3. The van der Waals surface area contributed by atoms with E-state index in [2.05, 4.69) is 36.4 Å². The maximum Gasteiger partial charge on any atom is 0.320 e. The minimum atomic E-state index is -1.12. The molecule has 2 rings (SSSR count). The lowest BCUT2D eigenvalue weighted by Crippen LogP contribution is -2.43. The monoisotopic (exact) mass is 537 g/mol. The molecule has 212 valence electrons. The zero-order valence-electron chi connectivity index (χ0n) is 24.3. The summed E-state index contributed by atoms with van der Waals surface area (Å²) in [4.78, 5) is 20.5. The molecular formula is C31H44FN5O2. The average molecular weight is 538 g/mol. The van der Waals surface area contributed by atoms with Crippen molar-refractivity contribution in [3.63, 3.8) is 0 Å². The number of aryl methyl sites for hydroxylation is 1. The van der Waals surface area contributed by atoms with E-state index in [0.717, 1.165) is 43.4 Å². The number of nitrogens with two attached hydrogens (primary N) is 1. The molecule has 1 saturated carbocycles. The number of anilines is 1. The van der Waals surface area contributed by atoms with Crippen LogP contribution < -0.4 is 10.6 Å². The molecule has 1 aromatic carbocycles. The van der Waals surface area contributed by atoms with Gasteiger partial charge in [-0.25, -0.2) is 14.2 Å². The number of rotatable bonds is 11. The average Bonchev–Trinajstić information content (AvgIpc) is 2.85. The highest BCUT2D eigenvalue weighted by Gasteiger charge is 2.35. The number of nitriles is 1. The van der Waals surface area contributed by atoms with E-state index in [1.54, 1.807) is 32.9 Å². The third-order valence-corrected chi connectivity index (χ3v) is 7.34. The van der Waals surface area contributed by atoms with Crippen molar-refractivity contribution in [3.8, 4) is 6.07 Å². The summed E-state index contributed by atoms with van der Waals surface area (Å²) < 4.78 is 14.2. The molecule has 2 atom stereocenters. The van der Waals surface area contributed by atoms with Crippen molar-refractivity contribution >= 4 is 17.9 Å². The van der Waals surface area contributed by atoms with Gasteiger partial charge in [0.1, 0.15) is 17.7 Å². The molecule has 1 unspecified atom stereocenters. The lowest BCUT2D eigenvalue weighted by atomic mass is 9.70. The van der Waals surface area contributed by atoms with Gasteiger partial charge in [0.2, 0.25) is 0 Å². The second-order valence-corrected chi connectivity index (χ2v) is 11.4. The first-order valence-corrected chi connectivity index (χ1v) is 13.6. The van der Waals surface area contributed by atoms with E-state index in [4.69, 9.17) is 5.73 Å². The number of carbonyl (C=O) groups excluding carboxylic acids is 1. The van der Waals surface area contributed by atoms with Crippen LogP contribution in [-0.2, 0) is 0 Å². The number of allylic oxidation sites excluding steroid dienone is 2. The Hall–Kier alpha value is -3.44. The first-order valence-electron chi connectivity index (χ1n) is 13.6. The molecule has 1 aromatic rings. The summed E-state index contributed by atoms with van der Waals surface area (Å²) in [5.41, 5.74) is 6.61. The van der Waals surface area contributed by atoms with Gasteiger partial charge in [-0.05, 0) is 94.1 Å². The number of urea groups is 1. The molecule has 2 amide bonds. The molecule has 7 nitrogen and oxygen atoms in total. The Bertz CT molecular complexity index is 1170. The first-order chi connectivity index (χ1) is 18.2. The van der Waals surface area contributed by atoms with Gasteiger partial charge in [-0.2, -0.15) is 5.26 Å². The van der Waals surface area contributed by atoms with Crippen molar-refractivity contribution in [2.24, 2.45) is 22.1 Å². The fourth-order valence-electron chi connectivity index (χ4n) is 5.09. The quantitative estimate of drug-likeness (QED) is 0.311. The van der Waals surface area contributed by atoms with Crippen molar-refractivity contribution in [1.29, 1.82) is 5.26 Å². The Labute approximate surface area is 233 Å². The summed E-state index contributed by atoms with van der Waals surface area (Å²) in [6.07, 6.45) is 11.9. The predicted octanol–water partition coefficient (Wildman–Crippen LogP) is 6.57. The number of halogens is 1. The number of primary amides is 1. The standard InChI is InChI=1S/C31H44FN5O2/c1-8-10-14-36(27-16-25(18-33)26(32)15-22(27)3)21-31(7)13-11-12-24(17-31)20-37(29(34)38)28(9-2)35-19-23(4)30(5,6)39/h9-10,14-16,19,24,39H,4,8,11-13,17,20-21H2,1-3,5-7H3,(H2,34,38)/b14-10-,28-9+,35-19-/t24?,31-/m0/s1. The Morgan fingerprint density at radius 2 is 2.13 bits per heavy atom. The van der Waals surface area contributed by atoms with Crippen LogP contribution in [-0.4, -0.2) is 40.9 Å². The molecule has 1 fully saturated rings. The number of amides is 2. The summed E-state index contributed by atoms with van der Waals surface area (Å²) in [6.45, 7) is 16.2. The van der Waals surface area contributed by atoms with Crippen molar-refractivity contribution in [1.82, 2.24) is 4.90 Å². The Morgan fingerprint density at radius 1 is 1.44 bits per heavy atom. The molecule has 0 aromatic heterocycles. The summed E-state index contributed by atoms with van der Waals surface area (Å²) in [6, 6.07) is 4.42. The topological polar surface area (TPSA) is 106 Å². The minimum absolute atomic E-state index is 0.0287. The number of aliphatic imine (C=N–C) groups is 1. The van der Waals surface area contributed by atoms with Crippen molar-refractivity contribution < 1.29 is 14.3 Å². The molecule has 0 spiro atoms. The molecule has 8 heteroatoms. The van der Waals surface area contributed by atoms with Crippen LogP contribution in [0.25, 0.3) is 0 Å². The SMILES string of the molecule is C=C(/C=N\C(=C/C)N(CC1CCC[C@](C)(CN(/C=C\CC)c2cc(C#N)c(F)cc2C)C1)C(N)=O)C(C)(C)O. The molecule has 39 heavy (non-hydrogen) atoms. The van der Waals surface area contributed by atoms with Crippen LogP contribution in [0.2, 0.25) is 0 Å². The van der Waals surface area contributed by atoms with Gasteiger partial charge >= 0.3 is 6.03 Å². The second kappa shape index (κ2) is 13.6. The highest BCUT2D eigenvalue weighted by Crippen LogP contribution is 2.42. The third-order valence-electron chi connectivity index (χ3n) is 7.34. The summed E-state index contributed by atoms with van der Waals surface area (Å²) in [7, 11) is 0. The Balaban J connectivity index is 2.29. The maximum atomic E-state index is 14.2. The van der Waals surface area contributed by atoms with Gasteiger partial charge in [0, 0.05) is 31.2 Å². The van der Waals surface area contributed by atoms with Gasteiger partial charge in [0.15, 0.2) is 0 Å². The van der Waals surface area contributed by atoms with Crippen LogP contribution in [0.5, 0.6) is 0 Å². The fourth-order valence-corrected chi connectivity index (χ4v) is 5.09. The number of nitrogens with zero attached hydrogens (tertiary/aromatic N) is 4. The van der Waals surface area contributed by atoms with Gasteiger partial charge in [0.05, 0.1) is 11.2 Å². The van der Waals surface area contributed by atoms with Crippen molar-refractivity contribution in [2.75, 3.05) is 18.0 Å². The summed E-state index contributed by atoms with van der Waals surface area (Å²) in [5, 5.41) is 19.5. The fraction of sp³-hybridized carbons (Fsp3) is 0.516. The summed E-state index contributed by atoms with van der Waals surface area (Å²) in [5.74, 6) is 0.0979. The van der Waals surface area contributed by atoms with Crippen LogP contribution in [0.1, 0.15) is 77.8 Å². The second-order valence-electron chi connectivity index (χ2n) is 11.4. The zero-order chi connectivity index (χ0) is 29.4. The van der Waals surface area contributed by atoms with Gasteiger partial charge < -0.3 is 15.7 Å². The van der Waals surface area contributed by atoms with Gasteiger partial charge in [-0.15, -0.1) is 0 Å². The van der Waals surface area contributed by atoms with E-state index in [-0.39, 0.29) is 16.9 Å². The van der Waals surface area contributed by atoms with E-state index in [9.17, 15) is 19.6 Å². The molecule has 0 bridgehead atoms. The minimum Gasteiger partial charge on any atom is -0.386 e. The summed E-state index contributed by atoms with van der Waals surface area (Å²) >= 11 is 0. The lowest BCUT2D eigenvalue weighted by Gasteiger charge is -2.42. The third kappa shape index (κ3) is 8.79. The molecule has 0 radical (unpaired) electrons. The molecule has 1 aliphatic rings. The van der Waals surface area contributed by atoms with E-state index in [1.165, 1.54) is 17.2 Å². The lowest BCUT2D eigenvalue weighted by molar-refractivity contribution is 0.127. The van der Waals surface area contributed by atoms with E-state index >= 15 is 0 Å². The highest BCUT2D eigenvalue weighted by atomic mass is 19.1. The predicted molar refractivity (Wildman–Crippen MR) is 157 cm³/mol. The number of benzene rings is 1. The Morgan fingerprint density at radius 3 is 2.69 bits per heavy atom. The van der Waals surface area contributed by atoms with Crippen LogP contribution in [0.15, 0.2) is 53.5 Å². The Kier molecular flexibility index (Phi) is 11.1. The van der Waals surface area contributed by atoms with Gasteiger partial charge in [-0.1, -0.05) is 32.9 Å². The molecule has 0 saturated heterocycles. The molecular weight excluding hydrogens is 493 g/mol. The van der Waals surface area contributed by atoms with Crippen LogP contribution in [0.3, 0.4) is 0 Å². The number of carbonyl (C=O) groups is 1. The molecule has 0 heterocycles. The van der Waals surface area contributed by atoms with Gasteiger partial charge in [0.25, 0.3) is 0 Å². The highest BCUT2D eigenvalue weighted by molar-refractivity contribution is 5.82. The molecule has 3 N–H and O–H groups in total. The van der Waals surface area contributed by atoms with Crippen molar-refractivity contribution in [3.05, 3.63) is 65.4 Å². The van der Waals surface area contributed by atoms with E-state index in [0.29, 0.717) is 24.5 Å². The maximum absolute atomic E-state index is 14.2. The molecule has 0 aliphatic heterocycles. The molecule has 1 aliphatic carbocycles. The van der Waals surface area contributed by atoms with E-state index in [1.807, 2.05) is 19.2 Å². The number of aliphatic hydroxyl groups is 1. The number of hydrogen-bond donors (Lipinski definition) is 2. The number of hydrogen-bond acceptors (Lipinski definition) is 5. The normalized spacial score (nSPS) is 20.3. The van der Waals surface area contributed by atoms with E-state index < -0.39 is 17.4 Å². The van der Waals surface area contributed by atoms with Gasteiger partial charge in [-0.3, -0.25) is 4.90 Å². The first kappa shape index (κ1) is 31.8. The van der Waals surface area contributed by atoms with Crippen molar-refractivity contribution in [2.45, 2.75) is 79.2 Å². The smallest absolute Gasteiger partial charge is 0.320 e.